The van der Waals surface area contributed by atoms with E-state index in [1.165, 1.54) is 0 Å². The normalized spacial score (nSPS) is 13.6. The minimum Gasteiger partial charge on any atom is -0.497 e. The number of ether oxygens (including phenoxy) is 2. The van der Waals surface area contributed by atoms with Gasteiger partial charge < -0.3 is 24.6 Å². The van der Waals surface area contributed by atoms with Gasteiger partial charge >= 0.3 is 0 Å². The Hall–Kier alpha value is -3.88. The summed E-state index contributed by atoms with van der Waals surface area (Å²) in [7, 11) is 1.61. The minimum atomic E-state index is -0.0308. The molecule has 4 rings (SSSR count). The molecule has 9 heteroatoms. The second-order valence-electron chi connectivity index (χ2n) is 7.45. The van der Waals surface area contributed by atoms with Crippen LogP contribution in [0.5, 0.6) is 11.5 Å². The number of hydrogen-bond donors (Lipinski definition) is 1. The molecule has 1 N–H and O–H groups in total. The summed E-state index contributed by atoms with van der Waals surface area (Å²) in [6.07, 6.45) is 1.75. The zero-order chi connectivity index (χ0) is 22.3. The standard InChI is InChI=1S/C23H26N6O3/c1-17-9-10-24-21(15-17)25-20-7-8-22(27-26-20)28-11-13-29(14-12-28)23(30)16-32-19-5-3-18(31-2)4-6-19/h3-10,15H,11-14,16H2,1-2H3,(H,24,25,26). The highest BCUT2D eigenvalue weighted by Gasteiger charge is 2.22. The predicted molar refractivity (Wildman–Crippen MR) is 122 cm³/mol. The molecule has 1 aliphatic heterocycles. The molecule has 1 amide bonds. The number of benzene rings is 1. The molecule has 0 spiro atoms. The highest BCUT2D eigenvalue weighted by atomic mass is 16.5. The first-order chi connectivity index (χ1) is 15.6. The second kappa shape index (κ2) is 9.95. The van der Waals surface area contributed by atoms with E-state index in [2.05, 4.69) is 25.4 Å². The van der Waals surface area contributed by atoms with Crippen LogP contribution in [0.25, 0.3) is 0 Å². The van der Waals surface area contributed by atoms with Crippen molar-refractivity contribution in [3.63, 3.8) is 0 Å². The van der Waals surface area contributed by atoms with Crippen LogP contribution in [-0.4, -0.2) is 65.9 Å². The van der Waals surface area contributed by atoms with Crippen LogP contribution < -0.4 is 19.7 Å². The summed E-state index contributed by atoms with van der Waals surface area (Å²) in [4.78, 5) is 20.7. The number of carbonyl (C=O) groups is 1. The molecule has 1 saturated heterocycles. The smallest absolute Gasteiger partial charge is 0.260 e. The van der Waals surface area contributed by atoms with E-state index in [4.69, 9.17) is 9.47 Å². The molecular weight excluding hydrogens is 408 g/mol. The van der Waals surface area contributed by atoms with E-state index >= 15 is 0 Å². The predicted octanol–water partition coefficient (Wildman–Crippen LogP) is 2.66. The molecule has 3 heterocycles. The van der Waals surface area contributed by atoms with Gasteiger partial charge in [-0.1, -0.05) is 0 Å². The maximum atomic E-state index is 12.5. The lowest BCUT2D eigenvalue weighted by molar-refractivity contribution is -0.133. The fourth-order valence-corrected chi connectivity index (χ4v) is 3.39. The lowest BCUT2D eigenvalue weighted by Crippen LogP contribution is -2.50. The first kappa shape index (κ1) is 21.4. The number of anilines is 3. The number of pyridine rings is 1. The van der Waals surface area contributed by atoms with Crippen LogP contribution in [-0.2, 0) is 4.79 Å². The van der Waals surface area contributed by atoms with E-state index in [-0.39, 0.29) is 12.5 Å². The number of hydrogen-bond acceptors (Lipinski definition) is 8. The molecular formula is C23H26N6O3. The van der Waals surface area contributed by atoms with Gasteiger partial charge in [-0.25, -0.2) is 4.98 Å². The molecule has 0 radical (unpaired) electrons. The number of rotatable bonds is 7. The first-order valence-corrected chi connectivity index (χ1v) is 10.4. The van der Waals surface area contributed by atoms with E-state index in [0.29, 0.717) is 37.7 Å². The molecule has 32 heavy (non-hydrogen) atoms. The summed E-state index contributed by atoms with van der Waals surface area (Å²) >= 11 is 0. The van der Waals surface area contributed by atoms with Gasteiger partial charge in [-0.2, -0.15) is 0 Å². The second-order valence-corrected chi connectivity index (χ2v) is 7.45. The van der Waals surface area contributed by atoms with Crippen LogP contribution in [0.4, 0.5) is 17.5 Å². The number of methoxy groups -OCH3 is 1. The number of nitrogens with one attached hydrogen (secondary N) is 1. The summed E-state index contributed by atoms with van der Waals surface area (Å²) in [6, 6.07) is 14.9. The lowest BCUT2D eigenvalue weighted by atomic mass is 10.3. The number of carbonyl (C=O) groups excluding carboxylic acids is 1. The van der Waals surface area contributed by atoms with Crippen LogP contribution in [0, 0.1) is 6.92 Å². The fourth-order valence-electron chi connectivity index (χ4n) is 3.39. The van der Waals surface area contributed by atoms with Crippen LogP contribution in [0.3, 0.4) is 0 Å². The number of amides is 1. The molecule has 0 saturated carbocycles. The highest BCUT2D eigenvalue weighted by Crippen LogP contribution is 2.19. The number of piperazine rings is 1. The SMILES string of the molecule is COc1ccc(OCC(=O)N2CCN(c3ccc(Nc4cc(C)ccn4)nn3)CC2)cc1. The zero-order valence-electron chi connectivity index (χ0n) is 18.2. The van der Waals surface area contributed by atoms with Gasteiger partial charge in [0.05, 0.1) is 7.11 Å². The van der Waals surface area contributed by atoms with Gasteiger partial charge in [0, 0.05) is 32.4 Å². The van der Waals surface area contributed by atoms with E-state index in [1.807, 2.05) is 36.1 Å². The van der Waals surface area contributed by atoms with Gasteiger partial charge in [0.15, 0.2) is 18.2 Å². The van der Waals surface area contributed by atoms with Gasteiger partial charge in [0.2, 0.25) is 0 Å². The maximum Gasteiger partial charge on any atom is 0.260 e. The molecule has 0 atom stereocenters. The average Bonchev–Trinajstić information content (AvgIpc) is 2.83. The Labute approximate surface area is 187 Å². The molecule has 0 bridgehead atoms. The lowest BCUT2D eigenvalue weighted by Gasteiger charge is -2.35. The van der Waals surface area contributed by atoms with Crippen molar-refractivity contribution in [2.24, 2.45) is 0 Å². The van der Waals surface area contributed by atoms with Crippen LogP contribution in [0.2, 0.25) is 0 Å². The third-order valence-corrected chi connectivity index (χ3v) is 5.20. The molecule has 0 aliphatic carbocycles. The Morgan fingerprint density at radius 3 is 2.38 bits per heavy atom. The van der Waals surface area contributed by atoms with E-state index in [9.17, 15) is 4.79 Å². The van der Waals surface area contributed by atoms with Gasteiger partial charge in [-0.15, -0.1) is 10.2 Å². The molecule has 1 fully saturated rings. The Bertz CT molecular complexity index is 1030. The molecule has 2 aromatic heterocycles. The molecule has 1 aromatic carbocycles. The molecule has 0 unspecified atom stereocenters. The van der Waals surface area contributed by atoms with E-state index < -0.39 is 0 Å². The minimum absolute atomic E-state index is 0.0134. The summed E-state index contributed by atoms with van der Waals surface area (Å²) in [5.74, 6) is 3.51. The Balaban J connectivity index is 1.25. The zero-order valence-corrected chi connectivity index (χ0v) is 18.2. The first-order valence-electron chi connectivity index (χ1n) is 10.4. The van der Waals surface area contributed by atoms with Gasteiger partial charge in [0.1, 0.15) is 17.3 Å². The summed E-state index contributed by atoms with van der Waals surface area (Å²) in [5, 5.41) is 11.7. The van der Waals surface area contributed by atoms with E-state index in [1.54, 1.807) is 37.6 Å². The van der Waals surface area contributed by atoms with E-state index in [0.717, 1.165) is 22.9 Å². The molecule has 1 aliphatic rings. The summed E-state index contributed by atoms with van der Waals surface area (Å²) in [6.45, 7) is 4.63. The van der Waals surface area contributed by atoms with Crippen LogP contribution in [0.1, 0.15) is 5.56 Å². The number of aromatic nitrogens is 3. The quantitative estimate of drug-likeness (QED) is 0.607. The number of aryl methyl sites for hydroxylation is 1. The van der Waals surface area contributed by atoms with Crippen molar-refractivity contribution in [2.75, 3.05) is 50.1 Å². The van der Waals surface area contributed by atoms with Crippen molar-refractivity contribution in [2.45, 2.75) is 6.92 Å². The van der Waals surface area contributed by atoms with Crippen molar-refractivity contribution in [1.29, 1.82) is 0 Å². The third-order valence-electron chi connectivity index (χ3n) is 5.20. The highest BCUT2D eigenvalue weighted by molar-refractivity contribution is 5.78. The van der Waals surface area contributed by atoms with Gasteiger partial charge in [-0.3, -0.25) is 4.79 Å². The topological polar surface area (TPSA) is 92.7 Å². The average molecular weight is 435 g/mol. The molecule has 166 valence electrons. The largest absolute Gasteiger partial charge is 0.497 e. The van der Waals surface area contributed by atoms with Crippen LogP contribution in [0.15, 0.2) is 54.7 Å². The van der Waals surface area contributed by atoms with Crippen molar-refractivity contribution in [3.05, 3.63) is 60.3 Å². The monoisotopic (exact) mass is 434 g/mol. The van der Waals surface area contributed by atoms with Crippen molar-refractivity contribution < 1.29 is 14.3 Å². The van der Waals surface area contributed by atoms with Gasteiger partial charge in [-0.05, 0) is 61.0 Å². The van der Waals surface area contributed by atoms with Crippen molar-refractivity contribution in [3.8, 4) is 11.5 Å². The fraction of sp³-hybridized carbons (Fsp3) is 0.304. The third kappa shape index (κ3) is 5.42. The van der Waals surface area contributed by atoms with Crippen molar-refractivity contribution >= 4 is 23.4 Å². The molecule has 3 aromatic rings. The Morgan fingerprint density at radius 2 is 1.72 bits per heavy atom. The summed E-state index contributed by atoms with van der Waals surface area (Å²) in [5.41, 5.74) is 1.12. The van der Waals surface area contributed by atoms with Crippen molar-refractivity contribution in [1.82, 2.24) is 20.1 Å². The Kier molecular flexibility index (Phi) is 6.64. The number of nitrogens with zero attached hydrogens (tertiary/aromatic N) is 5. The Morgan fingerprint density at radius 1 is 0.969 bits per heavy atom. The van der Waals surface area contributed by atoms with Gasteiger partial charge in [0.25, 0.3) is 5.91 Å². The summed E-state index contributed by atoms with van der Waals surface area (Å²) < 4.78 is 10.7. The molecule has 9 nitrogen and oxygen atoms in total. The van der Waals surface area contributed by atoms with Crippen LogP contribution >= 0.6 is 0 Å². The maximum absolute atomic E-state index is 12.5.